The Kier molecular flexibility index (Phi) is 4.67. The average Bonchev–Trinajstić information content (AvgIpc) is 3.03. The first-order valence-corrected chi connectivity index (χ1v) is 7.84. The van der Waals surface area contributed by atoms with E-state index < -0.39 is 0 Å². The molecule has 0 radical (unpaired) electrons. The molecule has 1 atom stereocenters. The Labute approximate surface area is 117 Å². The van der Waals surface area contributed by atoms with Crippen LogP contribution >= 0.6 is 0 Å². The van der Waals surface area contributed by atoms with E-state index in [1.54, 1.807) is 0 Å². The first-order valence-electron chi connectivity index (χ1n) is 7.84. The van der Waals surface area contributed by atoms with Crippen LogP contribution in [0.15, 0.2) is 6.07 Å². The van der Waals surface area contributed by atoms with Crippen molar-refractivity contribution in [1.82, 2.24) is 15.1 Å². The smallest absolute Gasteiger partial charge is 0.0624 e. The Balaban J connectivity index is 2.16. The average molecular weight is 263 g/mol. The lowest BCUT2D eigenvalue weighted by atomic mass is 9.74. The summed E-state index contributed by atoms with van der Waals surface area (Å²) in [7, 11) is 4.20. The Morgan fingerprint density at radius 2 is 2.05 bits per heavy atom. The molecule has 0 amide bonds. The summed E-state index contributed by atoms with van der Waals surface area (Å²) < 4.78 is 2.07. The van der Waals surface area contributed by atoms with E-state index in [9.17, 15) is 0 Å². The van der Waals surface area contributed by atoms with Gasteiger partial charge in [-0.3, -0.25) is 4.68 Å². The second kappa shape index (κ2) is 6.08. The highest BCUT2D eigenvalue weighted by Crippen LogP contribution is 2.44. The molecule has 1 aliphatic carbocycles. The van der Waals surface area contributed by atoms with E-state index in [1.807, 2.05) is 0 Å². The van der Waals surface area contributed by atoms with Crippen molar-refractivity contribution in [3.05, 3.63) is 17.5 Å². The maximum Gasteiger partial charge on any atom is 0.0624 e. The van der Waals surface area contributed by atoms with Gasteiger partial charge in [-0.25, -0.2) is 0 Å². The SMILES string of the molecule is CCc1cc(CC(NC)C2(CC)CCCC2)n(C)n1. The minimum absolute atomic E-state index is 0.505. The molecule has 1 aromatic heterocycles. The van der Waals surface area contributed by atoms with E-state index in [4.69, 9.17) is 0 Å². The van der Waals surface area contributed by atoms with Gasteiger partial charge in [0, 0.05) is 25.2 Å². The van der Waals surface area contributed by atoms with Crippen LogP contribution in [-0.4, -0.2) is 22.9 Å². The van der Waals surface area contributed by atoms with E-state index in [0.717, 1.165) is 12.8 Å². The lowest BCUT2D eigenvalue weighted by Gasteiger charge is -2.37. The van der Waals surface area contributed by atoms with Gasteiger partial charge < -0.3 is 5.32 Å². The van der Waals surface area contributed by atoms with Gasteiger partial charge >= 0.3 is 0 Å². The Hall–Kier alpha value is -0.830. The molecule has 19 heavy (non-hydrogen) atoms. The summed E-state index contributed by atoms with van der Waals surface area (Å²) in [6.07, 6.45) is 8.98. The summed E-state index contributed by atoms with van der Waals surface area (Å²) in [4.78, 5) is 0. The number of nitrogens with one attached hydrogen (secondary N) is 1. The Morgan fingerprint density at radius 1 is 1.37 bits per heavy atom. The number of aromatic nitrogens is 2. The lowest BCUT2D eigenvalue weighted by molar-refractivity contribution is 0.190. The quantitative estimate of drug-likeness (QED) is 0.855. The van der Waals surface area contributed by atoms with Gasteiger partial charge in [0.2, 0.25) is 0 Å². The highest BCUT2D eigenvalue weighted by atomic mass is 15.3. The third-order valence-corrected chi connectivity index (χ3v) is 5.19. The van der Waals surface area contributed by atoms with Gasteiger partial charge in [0.1, 0.15) is 0 Å². The lowest BCUT2D eigenvalue weighted by Crippen LogP contribution is -2.43. The molecule has 1 unspecified atom stereocenters. The summed E-state index contributed by atoms with van der Waals surface area (Å²) in [5, 5.41) is 8.18. The first-order chi connectivity index (χ1) is 9.15. The molecular formula is C16H29N3. The normalized spacial score (nSPS) is 19.8. The minimum atomic E-state index is 0.505. The van der Waals surface area contributed by atoms with Crippen LogP contribution in [0.5, 0.6) is 0 Å². The summed E-state index contributed by atoms with van der Waals surface area (Å²) in [6.45, 7) is 4.53. The van der Waals surface area contributed by atoms with Crippen molar-refractivity contribution in [3.8, 4) is 0 Å². The van der Waals surface area contributed by atoms with Crippen molar-refractivity contribution >= 4 is 0 Å². The topological polar surface area (TPSA) is 29.9 Å². The molecule has 1 saturated carbocycles. The molecule has 3 nitrogen and oxygen atoms in total. The zero-order chi connectivity index (χ0) is 13.9. The number of rotatable bonds is 6. The monoisotopic (exact) mass is 263 g/mol. The predicted octanol–water partition coefficient (Wildman–Crippen LogP) is 3.08. The molecule has 1 aromatic rings. The molecule has 108 valence electrons. The highest BCUT2D eigenvalue weighted by molar-refractivity contribution is 5.13. The molecule has 0 spiro atoms. The van der Waals surface area contributed by atoms with Crippen molar-refractivity contribution in [1.29, 1.82) is 0 Å². The van der Waals surface area contributed by atoms with E-state index in [0.29, 0.717) is 11.5 Å². The van der Waals surface area contributed by atoms with Crippen LogP contribution in [0, 0.1) is 5.41 Å². The largest absolute Gasteiger partial charge is 0.316 e. The number of hydrogen-bond acceptors (Lipinski definition) is 2. The molecular weight excluding hydrogens is 234 g/mol. The fraction of sp³-hybridized carbons (Fsp3) is 0.812. The van der Waals surface area contributed by atoms with Crippen LogP contribution < -0.4 is 5.32 Å². The third-order valence-electron chi connectivity index (χ3n) is 5.19. The van der Waals surface area contributed by atoms with Crippen LogP contribution in [0.3, 0.4) is 0 Å². The van der Waals surface area contributed by atoms with Gasteiger partial charge in [0.25, 0.3) is 0 Å². The van der Waals surface area contributed by atoms with Gasteiger partial charge in [-0.2, -0.15) is 5.10 Å². The second-order valence-electron chi connectivity index (χ2n) is 6.07. The molecule has 1 aliphatic rings. The van der Waals surface area contributed by atoms with Crippen molar-refractivity contribution in [3.63, 3.8) is 0 Å². The second-order valence-corrected chi connectivity index (χ2v) is 6.07. The maximum atomic E-state index is 4.58. The fourth-order valence-electron chi connectivity index (χ4n) is 3.80. The molecule has 1 heterocycles. The van der Waals surface area contributed by atoms with Crippen molar-refractivity contribution in [2.45, 2.75) is 64.8 Å². The molecule has 0 saturated heterocycles. The molecule has 2 rings (SSSR count). The van der Waals surface area contributed by atoms with Gasteiger partial charge in [0.15, 0.2) is 0 Å². The summed E-state index contributed by atoms with van der Waals surface area (Å²) in [5.41, 5.74) is 3.09. The van der Waals surface area contributed by atoms with Crippen LogP contribution in [0.2, 0.25) is 0 Å². The minimum Gasteiger partial charge on any atom is -0.316 e. The van der Waals surface area contributed by atoms with Gasteiger partial charge in [0.05, 0.1) is 5.69 Å². The molecule has 0 aromatic carbocycles. The number of hydrogen-bond donors (Lipinski definition) is 1. The summed E-state index contributed by atoms with van der Waals surface area (Å²) in [5.74, 6) is 0. The molecule has 0 aliphatic heterocycles. The summed E-state index contributed by atoms with van der Waals surface area (Å²) in [6, 6.07) is 2.86. The Morgan fingerprint density at radius 3 is 2.53 bits per heavy atom. The Bertz CT molecular complexity index is 402. The van der Waals surface area contributed by atoms with E-state index >= 15 is 0 Å². The van der Waals surface area contributed by atoms with Gasteiger partial charge in [-0.15, -0.1) is 0 Å². The fourth-order valence-corrected chi connectivity index (χ4v) is 3.80. The zero-order valence-electron chi connectivity index (χ0n) is 13.0. The molecule has 1 fully saturated rings. The molecule has 1 N–H and O–H groups in total. The molecule has 0 bridgehead atoms. The highest BCUT2D eigenvalue weighted by Gasteiger charge is 2.39. The third kappa shape index (κ3) is 2.86. The van der Waals surface area contributed by atoms with Gasteiger partial charge in [-0.1, -0.05) is 26.7 Å². The summed E-state index contributed by atoms with van der Waals surface area (Å²) >= 11 is 0. The van der Waals surface area contributed by atoms with E-state index in [1.165, 1.54) is 43.5 Å². The number of nitrogens with zero attached hydrogens (tertiary/aromatic N) is 2. The maximum absolute atomic E-state index is 4.58. The first kappa shape index (κ1) is 14.6. The zero-order valence-corrected chi connectivity index (χ0v) is 13.0. The number of aryl methyl sites for hydroxylation is 2. The van der Waals surface area contributed by atoms with Gasteiger partial charge in [-0.05, 0) is 44.2 Å². The van der Waals surface area contributed by atoms with Crippen LogP contribution in [0.4, 0.5) is 0 Å². The van der Waals surface area contributed by atoms with Crippen molar-refractivity contribution in [2.24, 2.45) is 12.5 Å². The van der Waals surface area contributed by atoms with Crippen molar-refractivity contribution in [2.75, 3.05) is 7.05 Å². The van der Waals surface area contributed by atoms with E-state index in [2.05, 4.69) is 49.1 Å². The predicted molar refractivity (Wildman–Crippen MR) is 80.3 cm³/mol. The van der Waals surface area contributed by atoms with Crippen LogP contribution in [0.25, 0.3) is 0 Å². The van der Waals surface area contributed by atoms with Crippen LogP contribution in [-0.2, 0) is 19.9 Å². The number of likely N-dealkylation sites (N-methyl/N-ethyl adjacent to an activating group) is 1. The standard InChI is InChI=1S/C16H29N3/c1-5-13-11-14(19(4)18-13)12-15(17-3)16(6-2)9-7-8-10-16/h11,15,17H,5-10,12H2,1-4H3. The van der Waals surface area contributed by atoms with E-state index in [-0.39, 0.29) is 0 Å². The van der Waals surface area contributed by atoms with Crippen molar-refractivity contribution < 1.29 is 0 Å². The van der Waals surface area contributed by atoms with Crippen LogP contribution in [0.1, 0.15) is 57.3 Å². The molecule has 3 heteroatoms.